The van der Waals surface area contributed by atoms with Gasteiger partial charge in [0.1, 0.15) is 17.3 Å². The lowest BCUT2D eigenvalue weighted by atomic mass is 10.1. The minimum absolute atomic E-state index is 0.0262. The smallest absolute Gasteiger partial charge is 0.455 e. The number of pyridine rings is 1. The van der Waals surface area contributed by atoms with Crippen LogP contribution in [-0.2, 0) is 15.7 Å². The number of phosphoric ester groups is 1. The molecule has 13 heteroatoms. The first-order chi connectivity index (χ1) is 15.0. The first-order valence-electron chi connectivity index (χ1n) is 8.68. The van der Waals surface area contributed by atoms with Gasteiger partial charge in [-0.3, -0.25) is 14.1 Å². The fraction of sp³-hybridized carbons (Fsp3) is 0.0526. The zero-order valence-electron chi connectivity index (χ0n) is 15.8. The summed E-state index contributed by atoms with van der Waals surface area (Å²) in [6.45, 7) is -0.764. The second-order valence-electron chi connectivity index (χ2n) is 6.23. The maximum absolute atomic E-state index is 13.3. The molecule has 0 unspecified atom stereocenters. The summed E-state index contributed by atoms with van der Waals surface area (Å²) in [5, 5.41) is 2.63. The molecule has 0 aliphatic carbocycles. The Bertz CT molecular complexity index is 1280. The number of nitrogens with one attached hydrogen (secondary N) is 2. The van der Waals surface area contributed by atoms with Crippen molar-refractivity contribution in [2.75, 3.05) is 5.32 Å². The number of aromatic nitrogens is 1. The van der Waals surface area contributed by atoms with E-state index >= 15 is 0 Å². The molecule has 168 valence electrons. The van der Waals surface area contributed by atoms with Crippen molar-refractivity contribution >= 4 is 42.6 Å². The van der Waals surface area contributed by atoms with Crippen molar-refractivity contribution in [2.24, 2.45) is 0 Å². The highest BCUT2D eigenvalue weighted by atomic mass is 35.5. The van der Waals surface area contributed by atoms with Crippen LogP contribution in [0.1, 0.15) is 15.9 Å². The van der Waals surface area contributed by atoms with E-state index in [0.717, 1.165) is 12.1 Å². The summed E-state index contributed by atoms with van der Waals surface area (Å²) in [7, 11) is -4.87. The molecule has 0 bridgehead atoms. The van der Waals surface area contributed by atoms with Crippen LogP contribution in [0.2, 0.25) is 10.0 Å². The number of halogens is 3. The highest BCUT2D eigenvalue weighted by Gasteiger charge is 2.20. The summed E-state index contributed by atoms with van der Waals surface area (Å²) >= 11 is 12.0. The number of carbonyl (C=O) groups is 1. The Labute approximate surface area is 190 Å². The van der Waals surface area contributed by atoms with Crippen molar-refractivity contribution < 1.29 is 32.8 Å². The van der Waals surface area contributed by atoms with Gasteiger partial charge in [0.15, 0.2) is 0 Å². The van der Waals surface area contributed by atoms with Crippen molar-refractivity contribution in [1.82, 2.24) is 4.98 Å². The number of carbonyl (C=O) groups excluding carboxylic acids is 1. The van der Waals surface area contributed by atoms with Gasteiger partial charge >= 0.3 is 7.82 Å². The van der Waals surface area contributed by atoms with E-state index in [0.29, 0.717) is 0 Å². The molecule has 0 spiro atoms. The third-order valence-electron chi connectivity index (χ3n) is 3.99. The molecule has 1 amide bonds. The van der Waals surface area contributed by atoms with Crippen LogP contribution in [0.25, 0.3) is 0 Å². The number of hydrogen-bond acceptors (Lipinski definition) is 5. The number of anilines is 1. The predicted octanol–water partition coefficient (Wildman–Crippen LogP) is 4.47. The number of hydrogen-bond donors (Lipinski definition) is 4. The van der Waals surface area contributed by atoms with Crippen LogP contribution in [0.15, 0.2) is 53.5 Å². The van der Waals surface area contributed by atoms with E-state index < -0.39 is 31.7 Å². The number of benzene rings is 2. The molecule has 4 N–H and O–H groups in total. The Morgan fingerprint density at radius 1 is 1.12 bits per heavy atom. The van der Waals surface area contributed by atoms with Gasteiger partial charge in [-0.1, -0.05) is 23.2 Å². The third-order valence-corrected chi connectivity index (χ3v) is 4.98. The number of rotatable bonds is 7. The molecular formula is C19H14Cl2FN2O7P. The molecule has 0 aliphatic heterocycles. The maximum atomic E-state index is 13.3. The van der Waals surface area contributed by atoms with Crippen LogP contribution < -0.4 is 15.6 Å². The van der Waals surface area contributed by atoms with Crippen LogP contribution in [-0.4, -0.2) is 20.7 Å². The van der Waals surface area contributed by atoms with Crippen molar-refractivity contribution in [3.63, 3.8) is 0 Å². The molecular weight excluding hydrogens is 489 g/mol. The third kappa shape index (κ3) is 6.17. The van der Waals surface area contributed by atoms with Gasteiger partial charge in [-0.05, 0) is 42.5 Å². The fourth-order valence-electron chi connectivity index (χ4n) is 2.55. The Morgan fingerprint density at radius 3 is 2.53 bits per heavy atom. The molecule has 2 aromatic carbocycles. The molecule has 0 aliphatic rings. The first kappa shape index (κ1) is 23.9. The van der Waals surface area contributed by atoms with E-state index in [1.807, 2.05) is 0 Å². The van der Waals surface area contributed by atoms with E-state index in [2.05, 4.69) is 14.8 Å². The molecule has 0 atom stereocenters. The highest BCUT2D eigenvalue weighted by molar-refractivity contribution is 7.46. The van der Waals surface area contributed by atoms with Crippen LogP contribution >= 0.6 is 31.0 Å². The quantitative estimate of drug-likeness (QED) is 0.349. The number of aromatic amines is 1. The number of ether oxygens (including phenoxy) is 1. The molecule has 1 heterocycles. The normalized spacial score (nSPS) is 11.3. The standard InChI is InChI=1S/C19H14Cl2FN2O7P/c20-10-1-3-16(31-17-4-2-11(22)8-14(17)21)12(7-10)19(26)24-15-5-6-23-18(25)13(15)9-30-32(27,28)29/h1-8H,9H2,(H2,27,28,29)(H2,23,24,25,26). The summed E-state index contributed by atoms with van der Waals surface area (Å²) in [6.07, 6.45) is 1.23. The minimum atomic E-state index is -4.87. The molecule has 9 nitrogen and oxygen atoms in total. The van der Waals surface area contributed by atoms with Gasteiger partial charge in [-0.25, -0.2) is 8.96 Å². The number of amides is 1. The lowest BCUT2D eigenvalue weighted by Gasteiger charge is -2.14. The SMILES string of the molecule is O=C(Nc1cc[nH]c(=O)c1COP(=O)(O)O)c1cc(Cl)ccc1Oc1ccc(F)cc1Cl. The number of H-pyrrole nitrogens is 1. The fourth-order valence-corrected chi connectivity index (χ4v) is 3.23. The molecule has 3 aromatic rings. The zero-order valence-corrected chi connectivity index (χ0v) is 18.2. The van der Waals surface area contributed by atoms with Crippen LogP contribution in [0, 0.1) is 5.82 Å². The van der Waals surface area contributed by atoms with Gasteiger partial charge in [0.2, 0.25) is 0 Å². The highest BCUT2D eigenvalue weighted by Crippen LogP contribution is 2.37. The van der Waals surface area contributed by atoms with Crippen molar-refractivity contribution in [3.8, 4) is 11.5 Å². The van der Waals surface area contributed by atoms with Crippen molar-refractivity contribution in [1.29, 1.82) is 0 Å². The molecule has 1 aromatic heterocycles. The number of phosphoric acid groups is 1. The Morgan fingerprint density at radius 2 is 1.84 bits per heavy atom. The average Bonchev–Trinajstić information content (AvgIpc) is 2.70. The minimum Gasteiger partial charge on any atom is -0.455 e. The Balaban J connectivity index is 1.92. The van der Waals surface area contributed by atoms with Gasteiger partial charge in [0, 0.05) is 11.2 Å². The second kappa shape index (κ2) is 9.83. The zero-order chi connectivity index (χ0) is 23.5. The van der Waals surface area contributed by atoms with Gasteiger partial charge in [0.25, 0.3) is 11.5 Å². The summed E-state index contributed by atoms with van der Waals surface area (Å²) in [6, 6.07) is 8.89. The summed E-state index contributed by atoms with van der Waals surface area (Å²) in [5.41, 5.74) is -1.06. The van der Waals surface area contributed by atoms with E-state index in [1.54, 1.807) is 0 Å². The monoisotopic (exact) mass is 502 g/mol. The van der Waals surface area contributed by atoms with Crippen molar-refractivity contribution in [2.45, 2.75) is 6.61 Å². The summed E-state index contributed by atoms with van der Waals surface area (Å²) in [4.78, 5) is 45.1. The van der Waals surface area contributed by atoms with Gasteiger partial charge < -0.3 is 24.8 Å². The van der Waals surface area contributed by atoms with Gasteiger partial charge in [-0.15, -0.1) is 0 Å². The van der Waals surface area contributed by atoms with E-state index in [4.69, 9.17) is 37.7 Å². The molecule has 0 saturated carbocycles. The van der Waals surface area contributed by atoms with E-state index in [1.165, 1.54) is 36.5 Å². The Kier molecular flexibility index (Phi) is 7.35. The summed E-state index contributed by atoms with van der Waals surface area (Å²) in [5.74, 6) is -1.23. The lowest BCUT2D eigenvalue weighted by Crippen LogP contribution is -2.20. The van der Waals surface area contributed by atoms with Crippen molar-refractivity contribution in [3.05, 3.63) is 86.0 Å². The van der Waals surface area contributed by atoms with Gasteiger partial charge in [0.05, 0.1) is 28.4 Å². The van der Waals surface area contributed by atoms with Gasteiger partial charge in [-0.2, -0.15) is 0 Å². The average molecular weight is 503 g/mol. The molecule has 0 radical (unpaired) electrons. The molecule has 0 fully saturated rings. The Hall–Kier alpha value is -2.72. The van der Waals surface area contributed by atoms with Crippen LogP contribution in [0.3, 0.4) is 0 Å². The second-order valence-corrected chi connectivity index (χ2v) is 8.32. The van der Waals surface area contributed by atoms with Crippen LogP contribution in [0.4, 0.5) is 10.1 Å². The van der Waals surface area contributed by atoms with E-state index in [-0.39, 0.29) is 38.4 Å². The first-order valence-corrected chi connectivity index (χ1v) is 11.0. The summed E-state index contributed by atoms with van der Waals surface area (Å²) < 4.78 is 34.3. The van der Waals surface area contributed by atoms with E-state index in [9.17, 15) is 18.5 Å². The maximum Gasteiger partial charge on any atom is 0.469 e. The predicted molar refractivity (Wildman–Crippen MR) is 115 cm³/mol. The topological polar surface area (TPSA) is 138 Å². The molecule has 32 heavy (non-hydrogen) atoms. The largest absolute Gasteiger partial charge is 0.469 e. The molecule has 3 rings (SSSR count). The lowest BCUT2D eigenvalue weighted by molar-refractivity contribution is 0.102. The molecule has 0 saturated heterocycles. The van der Waals surface area contributed by atoms with Crippen LogP contribution in [0.5, 0.6) is 11.5 Å².